The van der Waals surface area contributed by atoms with Crippen LogP contribution in [0.2, 0.25) is 5.15 Å². The molecule has 0 amide bonds. The number of aromatic nitrogens is 3. The number of pyridine rings is 1. The quantitative estimate of drug-likeness (QED) is 0.758. The molecule has 0 atom stereocenters. The minimum absolute atomic E-state index is 0.332. The molecule has 2 aromatic rings. The Labute approximate surface area is 85.5 Å². The summed E-state index contributed by atoms with van der Waals surface area (Å²) < 4.78 is 5.29. The van der Waals surface area contributed by atoms with E-state index in [1.807, 2.05) is 6.07 Å². The molecule has 14 heavy (non-hydrogen) atoms. The van der Waals surface area contributed by atoms with E-state index in [1.165, 1.54) is 0 Å². The standard InChI is InChI=1S/C9H6ClN3O/c10-7-4-5-9(13-12-7)14-8-3-1-2-6-11-8/h1-6H. The maximum Gasteiger partial charge on any atom is 0.240 e. The molecular weight excluding hydrogens is 202 g/mol. The van der Waals surface area contributed by atoms with Crippen LogP contribution in [0.25, 0.3) is 0 Å². The Morgan fingerprint density at radius 1 is 1.00 bits per heavy atom. The molecule has 0 aromatic carbocycles. The van der Waals surface area contributed by atoms with Gasteiger partial charge in [-0.3, -0.25) is 0 Å². The van der Waals surface area contributed by atoms with Crippen LogP contribution in [0.4, 0.5) is 0 Å². The maximum absolute atomic E-state index is 5.57. The summed E-state index contributed by atoms with van der Waals surface area (Å²) in [6.45, 7) is 0. The molecule has 0 aliphatic rings. The summed E-state index contributed by atoms with van der Waals surface area (Å²) in [6.07, 6.45) is 1.64. The van der Waals surface area contributed by atoms with Gasteiger partial charge in [0.05, 0.1) is 0 Å². The third-order valence-corrected chi connectivity index (χ3v) is 1.66. The van der Waals surface area contributed by atoms with Crippen LogP contribution in [-0.2, 0) is 0 Å². The number of hydrogen-bond donors (Lipinski definition) is 0. The Kier molecular flexibility index (Phi) is 2.55. The molecular formula is C9H6ClN3O. The molecule has 2 aromatic heterocycles. The third-order valence-electron chi connectivity index (χ3n) is 1.45. The van der Waals surface area contributed by atoms with E-state index in [0.717, 1.165) is 0 Å². The van der Waals surface area contributed by atoms with Gasteiger partial charge in [0.15, 0.2) is 5.15 Å². The van der Waals surface area contributed by atoms with E-state index >= 15 is 0 Å². The Bertz CT molecular complexity index is 404. The number of hydrogen-bond acceptors (Lipinski definition) is 4. The fourth-order valence-electron chi connectivity index (χ4n) is 0.873. The van der Waals surface area contributed by atoms with Gasteiger partial charge in [0.2, 0.25) is 11.8 Å². The maximum atomic E-state index is 5.57. The zero-order valence-corrected chi connectivity index (χ0v) is 7.85. The van der Waals surface area contributed by atoms with Gasteiger partial charge in [-0.1, -0.05) is 17.7 Å². The summed E-state index contributed by atoms with van der Waals surface area (Å²) in [4.78, 5) is 3.97. The van der Waals surface area contributed by atoms with Crippen molar-refractivity contribution < 1.29 is 4.74 Å². The highest BCUT2D eigenvalue weighted by molar-refractivity contribution is 6.29. The second-order valence-corrected chi connectivity index (χ2v) is 2.85. The van der Waals surface area contributed by atoms with Crippen molar-refractivity contribution in [2.75, 3.05) is 0 Å². The molecule has 0 aliphatic heterocycles. The van der Waals surface area contributed by atoms with E-state index in [1.54, 1.807) is 30.5 Å². The second kappa shape index (κ2) is 4.02. The van der Waals surface area contributed by atoms with Crippen LogP contribution in [-0.4, -0.2) is 15.2 Å². The summed E-state index contributed by atoms with van der Waals surface area (Å²) in [6, 6.07) is 8.60. The van der Waals surface area contributed by atoms with Crippen molar-refractivity contribution in [3.8, 4) is 11.8 Å². The smallest absolute Gasteiger partial charge is 0.240 e. The molecule has 2 rings (SSSR count). The molecule has 0 saturated heterocycles. The monoisotopic (exact) mass is 207 g/mol. The predicted octanol–water partition coefficient (Wildman–Crippen LogP) is 2.32. The van der Waals surface area contributed by atoms with Crippen molar-refractivity contribution in [3.63, 3.8) is 0 Å². The number of rotatable bonds is 2. The lowest BCUT2D eigenvalue weighted by Gasteiger charge is -2.00. The van der Waals surface area contributed by atoms with E-state index in [4.69, 9.17) is 16.3 Å². The lowest BCUT2D eigenvalue weighted by molar-refractivity contribution is 0.438. The first-order valence-corrected chi connectivity index (χ1v) is 4.30. The van der Waals surface area contributed by atoms with E-state index in [9.17, 15) is 0 Å². The van der Waals surface area contributed by atoms with Gasteiger partial charge in [0.1, 0.15) is 0 Å². The van der Waals surface area contributed by atoms with Crippen molar-refractivity contribution in [2.45, 2.75) is 0 Å². The number of nitrogens with zero attached hydrogens (tertiary/aromatic N) is 3. The molecule has 0 unspecified atom stereocenters. The fraction of sp³-hybridized carbons (Fsp3) is 0. The molecule has 0 aliphatic carbocycles. The minimum Gasteiger partial charge on any atom is -0.419 e. The molecule has 0 fully saturated rings. The third kappa shape index (κ3) is 2.17. The van der Waals surface area contributed by atoms with Crippen molar-refractivity contribution in [2.24, 2.45) is 0 Å². The normalized spacial score (nSPS) is 9.79. The molecule has 0 saturated carbocycles. The SMILES string of the molecule is Clc1ccc(Oc2ccccn2)nn1. The topological polar surface area (TPSA) is 47.9 Å². The molecule has 2 heterocycles. The molecule has 0 N–H and O–H groups in total. The largest absolute Gasteiger partial charge is 0.419 e. The fourth-order valence-corrected chi connectivity index (χ4v) is 0.974. The lowest BCUT2D eigenvalue weighted by atomic mass is 10.5. The summed E-state index contributed by atoms with van der Waals surface area (Å²) in [5.74, 6) is 0.845. The van der Waals surface area contributed by atoms with Crippen LogP contribution in [0.15, 0.2) is 36.5 Å². The van der Waals surface area contributed by atoms with Gasteiger partial charge in [-0.2, -0.15) is 0 Å². The Morgan fingerprint density at radius 3 is 2.57 bits per heavy atom. The molecule has 70 valence electrons. The molecule has 5 heteroatoms. The minimum atomic E-state index is 0.332. The van der Waals surface area contributed by atoms with Crippen LogP contribution < -0.4 is 4.74 Å². The summed E-state index contributed by atoms with van der Waals surface area (Å²) >= 11 is 5.57. The molecule has 0 spiro atoms. The van der Waals surface area contributed by atoms with Crippen molar-refractivity contribution >= 4 is 11.6 Å². The van der Waals surface area contributed by atoms with Crippen LogP contribution in [0.5, 0.6) is 11.8 Å². The first-order chi connectivity index (χ1) is 6.84. The van der Waals surface area contributed by atoms with Gasteiger partial charge < -0.3 is 4.74 Å². The highest BCUT2D eigenvalue weighted by atomic mass is 35.5. The van der Waals surface area contributed by atoms with Gasteiger partial charge in [0, 0.05) is 18.3 Å². The van der Waals surface area contributed by atoms with Gasteiger partial charge in [0.25, 0.3) is 0 Å². The zero-order valence-electron chi connectivity index (χ0n) is 7.09. The van der Waals surface area contributed by atoms with Gasteiger partial charge in [-0.05, 0) is 12.1 Å². The first-order valence-electron chi connectivity index (χ1n) is 3.93. The highest BCUT2D eigenvalue weighted by Crippen LogP contribution is 2.15. The Hall–Kier alpha value is -1.68. The summed E-state index contributed by atoms with van der Waals surface area (Å²) in [5, 5.41) is 7.70. The Morgan fingerprint density at radius 2 is 1.93 bits per heavy atom. The van der Waals surface area contributed by atoms with Crippen molar-refractivity contribution in [1.82, 2.24) is 15.2 Å². The lowest BCUT2D eigenvalue weighted by Crippen LogP contribution is -1.91. The van der Waals surface area contributed by atoms with Crippen LogP contribution in [0.1, 0.15) is 0 Å². The average Bonchev–Trinajstić information content (AvgIpc) is 2.23. The van der Waals surface area contributed by atoms with Crippen LogP contribution in [0.3, 0.4) is 0 Å². The van der Waals surface area contributed by atoms with Crippen LogP contribution in [0, 0.1) is 0 Å². The first kappa shape index (κ1) is 8.90. The van der Waals surface area contributed by atoms with Crippen molar-refractivity contribution in [3.05, 3.63) is 41.7 Å². The Balaban J connectivity index is 2.16. The van der Waals surface area contributed by atoms with Crippen molar-refractivity contribution in [1.29, 1.82) is 0 Å². The van der Waals surface area contributed by atoms with E-state index in [0.29, 0.717) is 16.9 Å². The van der Waals surface area contributed by atoms with Gasteiger partial charge in [-0.15, -0.1) is 10.2 Å². The van der Waals surface area contributed by atoms with E-state index in [-0.39, 0.29) is 0 Å². The predicted molar refractivity (Wildman–Crippen MR) is 51.4 cm³/mol. The second-order valence-electron chi connectivity index (χ2n) is 2.46. The van der Waals surface area contributed by atoms with Gasteiger partial charge in [-0.25, -0.2) is 4.98 Å². The highest BCUT2D eigenvalue weighted by Gasteiger charge is 1.98. The summed E-state index contributed by atoms with van der Waals surface area (Å²) in [7, 11) is 0. The molecule has 0 bridgehead atoms. The van der Waals surface area contributed by atoms with E-state index < -0.39 is 0 Å². The van der Waals surface area contributed by atoms with E-state index in [2.05, 4.69) is 15.2 Å². The molecule has 0 radical (unpaired) electrons. The number of halogens is 1. The van der Waals surface area contributed by atoms with Gasteiger partial charge >= 0.3 is 0 Å². The molecule has 4 nitrogen and oxygen atoms in total. The van der Waals surface area contributed by atoms with Crippen LogP contribution >= 0.6 is 11.6 Å². The average molecular weight is 208 g/mol. The zero-order chi connectivity index (χ0) is 9.80. The summed E-state index contributed by atoms with van der Waals surface area (Å²) in [5.41, 5.74) is 0. The number of ether oxygens (including phenoxy) is 1.